The Balaban J connectivity index is 2.00. The molecule has 0 aliphatic carbocycles. The van der Waals surface area contributed by atoms with E-state index in [1.807, 2.05) is 4.90 Å². The van der Waals surface area contributed by atoms with Crippen molar-refractivity contribution in [1.82, 2.24) is 9.80 Å². The zero-order chi connectivity index (χ0) is 15.6. The Labute approximate surface area is 127 Å². The van der Waals surface area contributed by atoms with Crippen LogP contribution < -0.4 is 0 Å². The quantitative estimate of drug-likeness (QED) is 0.925. The molecule has 1 aliphatic rings. The number of carboxylic acids is 1. The van der Waals surface area contributed by atoms with Crippen molar-refractivity contribution >= 4 is 5.97 Å². The third kappa shape index (κ3) is 3.83. The number of carbonyl (C=O) groups is 1. The zero-order valence-corrected chi connectivity index (χ0v) is 13.5. The van der Waals surface area contributed by atoms with Gasteiger partial charge in [-0.2, -0.15) is 0 Å². The molecule has 1 aliphatic heterocycles. The normalized spacial score (nSPS) is 20.2. The molecule has 1 fully saturated rings. The molecule has 1 saturated heterocycles. The largest absolute Gasteiger partial charge is 0.480 e. The Bertz CT molecular complexity index is 487. The van der Waals surface area contributed by atoms with Crippen LogP contribution in [0, 0.1) is 13.8 Å². The number of benzene rings is 1. The Hall–Kier alpha value is -1.39. The van der Waals surface area contributed by atoms with Crippen LogP contribution in [0.2, 0.25) is 0 Å². The smallest absolute Gasteiger partial charge is 0.320 e. The molecular formula is C17H26N2O2. The number of piperazine rings is 1. The van der Waals surface area contributed by atoms with Crippen LogP contribution in [-0.4, -0.2) is 53.1 Å². The van der Waals surface area contributed by atoms with Gasteiger partial charge >= 0.3 is 5.97 Å². The topological polar surface area (TPSA) is 43.8 Å². The fourth-order valence-corrected chi connectivity index (χ4v) is 3.13. The summed E-state index contributed by atoms with van der Waals surface area (Å²) in [7, 11) is 0. The predicted octanol–water partition coefficient (Wildman–Crippen LogP) is 2.46. The average Bonchev–Trinajstić information content (AvgIpc) is 2.44. The van der Waals surface area contributed by atoms with Gasteiger partial charge in [-0.3, -0.25) is 14.6 Å². The van der Waals surface area contributed by atoms with Gasteiger partial charge in [0.15, 0.2) is 0 Å². The van der Waals surface area contributed by atoms with Gasteiger partial charge in [0.2, 0.25) is 0 Å². The lowest BCUT2D eigenvalue weighted by Crippen LogP contribution is -2.52. The van der Waals surface area contributed by atoms with Crippen LogP contribution in [0.5, 0.6) is 0 Å². The lowest BCUT2D eigenvalue weighted by atomic mass is 10.0. The van der Waals surface area contributed by atoms with Gasteiger partial charge < -0.3 is 5.11 Å². The molecule has 1 aromatic rings. The molecule has 2 atom stereocenters. The number of carboxylic acid groups (broad SMARTS) is 1. The fourth-order valence-electron chi connectivity index (χ4n) is 3.13. The van der Waals surface area contributed by atoms with Crippen LogP contribution in [0.1, 0.15) is 36.6 Å². The molecule has 2 rings (SSSR count). The Kier molecular flexibility index (Phi) is 5.01. The lowest BCUT2D eigenvalue weighted by Gasteiger charge is -2.39. The number of rotatable bonds is 4. The van der Waals surface area contributed by atoms with E-state index in [9.17, 15) is 4.79 Å². The average molecular weight is 290 g/mol. The summed E-state index contributed by atoms with van der Waals surface area (Å²) < 4.78 is 0. The number of hydrogen-bond donors (Lipinski definition) is 1. The molecular weight excluding hydrogens is 264 g/mol. The maximum Gasteiger partial charge on any atom is 0.320 e. The first-order valence-electron chi connectivity index (χ1n) is 7.67. The second-order valence-corrected chi connectivity index (χ2v) is 6.18. The summed E-state index contributed by atoms with van der Waals surface area (Å²) in [4.78, 5) is 15.5. The molecule has 4 heteroatoms. The van der Waals surface area contributed by atoms with Gasteiger partial charge in [-0.15, -0.1) is 0 Å². The van der Waals surface area contributed by atoms with Crippen molar-refractivity contribution in [3.8, 4) is 0 Å². The summed E-state index contributed by atoms with van der Waals surface area (Å²) in [5.41, 5.74) is 3.96. The van der Waals surface area contributed by atoms with Crippen LogP contribution in [0.4, 0.5) is 0 Å². The minimum atomic E-state index is -0.731. The summed E-state index contributed by atoms with van der Waals surface area (Å²) in [6.07, 6.45) is 0. The van der Waals surface area contributed by atoms with E-state index in [0.717, 1.165) is 26.2 Å². The van der Waals surface area contributed by atoms with E-state index in [4.69, 9.17) is 5.11 Å². The highest BCUT2D eigenvalue weighted by molar-refractivity contribution is 5.72. The molecule has 1 heterocycles. The van der Waals surface area contributed by atoms with Crippen LogP contribution in [-0.2, 0) is 4.79 Å². The second-order valence-electron chi connectivity index (χ2n) is 6.18. The van der Waals surface area contributed by atoms with Crippen molar-refractivity contribution < 1.29 is 9.90 Å². The highest BCUT2D eigenvalue weighted by Crippen LogP contribution is 2.24. The maximum atomic E-state index is 11.1. The molecule has 4 nitrogen and oxygen atoms in total. The Morgan fingerprint density at radius 3 is 1.95 bits per heavy atom. The van der Waals surface area contributed by atoms with E-state index in [1.165, 1.54) is 16.7 Å². The summed E-state index contributed by atoms with van der Waals surface area (Å²) in [5.74, 6) is -0.731. The molecule has 2 unspecified atom stereocenters. The molecule has 0 saturated carbocycles. The zero-order valence-electron chi connectivity index (χ0n) is 13.5. The third-order valence-electron chi connectivity index (χ3n) is 4.53. The monoisotopic (exact) mass is 290 g/mol. The van der Waals surface area contributed by atoms with Gasteiger partial charge in [0.05, 0.1) is 0 Å². The van der Waals surface area contributed by atoms with Crippen molar-refractivity contribution in [2.24, 2.45) is 0 Å². The summed E-state index contributed by atoms with van der Waals surface area (Å²) >= 11 is 0. The molecule has 0 bridgehead atoms. The summed E-state index contributed by atoms with van der Waals surface area (Å²) in [5, 5.41) is 9.09. The first-order chi connectivity index (χ1) is 9.88. The van der Waals surface area contributed by atoms with E-state index in [0.29, 0.717) is 6.04 Å². The molecule has 1 N–H and O–H groups in total. The van der Waals surface area contributed by atoms with Gasteiger partial charge in [0, 0.05) is 32.2 Å². The Morgan fingerprint density at radius 2 is 1.48 bits per heavy atom. The van der Waals surface area contributed by atoms with Gasteiger partial charge in [0.25, 0.3) is 0 Å². The Morgan fingerprint density at radius 1 is 1.00 bits per heavy atom. The number of aryl methyl sites for hydroxylation is 2. The first-order valence-corrected chi connectivity index (χ1v) is 7.67. The maximum absolute atomic E-state index is 11.1. The molecule has 21 heavy (non-hydrogen) atoms. The van der Waals surface area contributed by atoms with Crippen molar-refractivity contribution in [3.05, 3.63) is 34.9 Å². The van der Waals surface area contributed by atoms with Crippen LogP contribution in [0.15, 0.2) is 18.2 Å². The van der Waals surface area contributed by atoms with Crippen LogP contribution in [0.3, 0.4) is 0 Å². The first kappa shape index (κ1) is 16.0. The van der Waals surface area contributed by atoms with E-state index in [-0.39, 0.29) is 6.04 Å². The number of aliphatic carboxylic acids is 1. The standard InChI is InChI=1S/C17H26N2O2/c1-12-9-13(2)11-16(10-12)14(3)18-5-7-19(8-6-18)15(4)17(20)21/h9-11,14-15H,5-8H2,1-4H3,(H,20,21). The van der Waals surface area contributed by atoms with Crippen LogP contribution in [0.25, 0.3) is 0 Å². The lowest BCUT2D eigenvalue weighted by molar-refractivity contribution is -0.143. The second kappa shape index (κ2) is 6.58. The molecule has 0 aromatic heterocycles. The molecule has 0 spiro atoms. The minimum absolute atomic E-state index is 0.380. The minimum Gasteiger partial charge on any atom is -0.480 e. The van der Waals surface area contributed by atoms with Gasteiger partial charge in [-0.05, 0) is 33.3 Å². The molecule has 0 amide bonds. The summed E-state index contributed by atoms with van der Waals surface area (Å²) in [6, 6.07) is 6.70. The van der Waals surface area contributed by atoms with E-state index < -0.39 is 5.97 Å². The van der Waals surface area contributed by atoms with Gasteiger partial charge in [0.1, 0.15) is 6.04 Å². The van der Waals surface area contributed by atoms with E-state index >= 15 is 0 Å². The highest BCUT2D eigenvalue weighted by Gasteiger charge is 2.27. The molecule has 116 valence electrons. The van der Waals surface area contributed by atoms with Crippen molar-refractivity contribution in [1.29, 1.82) is 0 Å². The van der Waals surface area contributed by atoms with E-state index in [2.05, 4.69) is 43.9 Å². The predicted molar refractivity (Wildman–Crippen MR) is 84.6 cm³/mol. The van der Waals surface area contributed by atoms with Gasteiger partial charge in [-0.1, -0.05) is 29.3 Å². The van der Waals surface area contributed by atoms with Crippen molar-refractivity contribution in [3.63, 3.8) is 0 Å². The SMILES string of the molecule is Cc1cc(C)cc(C(C)N2CCN(C(C)C(=O)O)CC2)c1. The highest BCUT2D eigenvalue weighted by atomic mass is 16.4. The fraction of sp³-hybridized carbons (Fsp3) is 0.588. The van der Waals surface area contributed by atoms with Crippen molar-refractivity contribution in [2.45, 2.75) is 39.8 Å². The van der Waals surface area contributed by atoms with Crippen molar-refractivity contribution in [2.75, 3.05) is 26.2 Å². The molecule has 0 radical (unpaired) electrons. The van der Waals surface area contributed by atoms with Crippen LogP contribution >= 0.6 is 0 Å². The van der Waals surface area contributed by atoms with Gasteiger partial charge in [-0.25, -0.2) is 0 Å². The number of hydrogen-bond acceptors (Lipinski definition) is 3. The number of nitrogens with zero attached hydrogens (tertiary/aromatic N) is 2. The molecule has 1 aromatic carbocycles. The summed E-state index contributed by atoms with van der Waals surface area (Å²) in [6.45, 7) is 11.8. The van der Waals surface area contributed by atoms with E-state index in [1.54, 1.807) is 6.92 Å². The third-order valence-corrected chi connectivity index (χ3v) is 4.53.